The number of benzene rings is 2. The van der Waals surface area contributed by atoms with E-state index in [-0.39, 0.29) is 0 Å². The number of ether oxygens (including phenoxy) is 1. The van der Waals surface area contributed by atoms with E-state index >= 15 is 0 Å². The van der Waals surface area contributed by atoms with Gasteiger partial charge in [-0.1, -0.05) is 36.4 Å². The van der Waals surface area contributed by atoms with Crippen molar-refractivity contribution in [3.8, 4) is 5.75 Å². The number of hydrogen-bond donors (Lipinski definition) is 1. The lowest BCUT2D eigenvalue weighted by Crippen LogP contribution is -2.12. The average Bonchev–Trinajstić information content (AvgIpc) is 2.96. The molecule has 1 aliphatic carbocycles. The summed E-state index contributed by atoms with van der Waals surface area (Å²) in [7, 11) is 0. The third-order valence-corrected chi connectivity index (χ3v) is 4.45. The minimum atomic E-state index is 0.341. The predicted molar refractivity (Wildman–Crippen MR) is 87.0 cm³/mol. The van der Waals surface area contributed by atoms with Crippen molar-refractivity contribution in [1.29, 1.82) is 0 Å². The summed E-state index contributed by atoms with van der Waals surface area (Å²) in [5.74, 6) is 2.13. The Morgan fingerprint density at radius 2 is 1.80 bits per heavy atom. The van der Waals surface area contributed by atoms with Gasteiger partial charge >= 0.3 is 0 Å². The van der Waals surface area contributed by atoms with Crippen molar-refractivity contribution in [2.24, 2.45) is 0 Å². The highest BCUT2D eigenvalue weighted by Crippen LogP contribution is 2.27. The first kappa shape index (κ1) is 13.6. The number of fused-ring (bicyclic) bond motifs is 1. The first-order chi connectivity index (χ1) is 9.86. The summed E-state index contributed by atoms with van der Waals surface area (Å²) < 4.78 is 5.99. The third-order valence-electron chi connectivity index (χ3n) is 4.01. The molecule has 0 amide bonds. The molecule has 1 aliphatic rings. The third kappa shape index (κ3) is 3.01. The van der Waals surface area contributed by atoms with Gasteiger partial charge in [0.05, 0.1) is 6.61 Å². The molecule has 0 spiro atoms. The molecular formula is C18H20OS. The fourth-order valence-electron chi connectivity index (χ4n) is 2.81. The molecule has 1 unspecified atom stereocenters. The highest BCUT2D eigenvalue weighted by Gasteiger charge is 2.13. The zero-order valence-corrected chi connectivity index (χ0v) is 12.5. The van der Waals surface area contributed by atoms with Crippen LogP contribution < -0.4 is 4.74 Å². The van der Waals surface area contributed by atoms with Crippen LogP contribution in [0.1, 0.15) is 29.0 Å². The van der Waals surface area contributed by atoms with Gasteiger partial charge in [0.15, 0.2) is 0 Å². The lowest BCUT2D eigenvalue weighted by molar-refractivity contribution is 0.297. The van der Waals surface area contributed by atoms with E-state index in [1.54, 1.807) is 0 Å². The van der Waals surface area contributed by atoms with Gasteiger partial charge < -0.3 is 4.74 Å². The highest BCUT2D eigenvalue weighted by atomic mass is 32.1. The van der Waals surface area contributed by atoms with Crippen LogP contribution in [0.2, 0.25) is 0 Å². The summed E-state index contributed by atoms with van der Waals surface area (Å²) in [5, 5.41) is 0. The molecule has 1 nitrogen and oxygen atoms in total. The summed E-state index contributed by atoms with van der Waals surface area (Å²) in [4.78, 5) is 0. The van der Waals surface area contributed by atoms with E-state index < -0.39 is 0 Å². The molecular weight excluding hydrogens is 264 g/mol. The van der Waals surface area contributed by atoms with Gasteiger partial charge in [-0.3, -0.25) is 0 Å². The molecule has 1 atom stereocenters. The van der Waals surface area contributed by atoms with Gasteiger partial charge in [-0.05, 0) is 48.1 Å². The van der Waals surface area contributed by atoms with Gasteiger partial charge in [0.1, 0.15) is 5.75 Å². The summed E-state index contributed by atoms with van der Waals surface area (Å²) in [6.07, 6.45) is 3.70. The monoisotopic (exact) mass is 284 g/mol. The number of thiol groups is 1. The maximum Gasteiger partial charge on any atom is 0.119 e. The largest absolute Gasteiger partial charge is 0.493 e. The van der Waals surface area contributed by atoms with Crippen molar-refractivity contribution < 1.29 is 4.74 Å². The maximum absolute atomic E-state index is 5.99. The smallest absolute Gasteiger partial charge is 0.119 e. The predicted octanol–water partition coefficient (Wildman–Crippen LogP) is 4.27. The van der Waals surface area contributed by atoms with Crippen molar-refractivity contribution in [1.82, 2.24) is 0 Å². The second kappa shape index (κ2) is 6.36. The fourth-order valence-corrected chi connectivity index (χ4v) is 3.13. The fraction of sp³-hybridized carbons (Fsp3) is 0.333. The summed E-state index contributed by atoms with van der Waals surface area (Å²) in [5.41, 5.74) is 4.25. The summed E-state index contributed by atoms with van der Waals surface area (Å²) in [6, 6.07) is 17.0. The topological polar surface area (TPSA) is 9.23 Å². The molecule has 2 aromatic rings. The second-order valence-electron chi connectivity index (χ2n) is 5.39. The number of rotatable bonds is 5. The number of aryl methyl sites for hydroxylation is 2. The molecule has 3 rings (SSSR count). The Kier molecular flexibility index (Phi) is 4.31. The highest BCUT2D eigenvalue weighted by molar-refractivity contribution is 7.80. The van der Waals surface area contributed by atoms with Crippen LogP contribution >= 0.6 is 12.6 Å². The van der Waals surface area contributed by atoms with Gasteiger partial charge in [0.2, 0.25) is 0 Å². The lowest BCUT2D eigenvalue weighted by atomic mass is 10.0. The maximum atomic E-state index is 5.99. The molecule has 0 bridgehead atoms. The Morgan fingerprint density at radius 3 is 2.60 bits per heavy atom. The van der Waals surface area contributed by atoms with Crippen LogP contribution in [-0.4, -0.2) is 12.4 Å². The standard InChI is InChI=1S/C18H20OS/c20-13-17(14-5-2-1-3-6-14)12-19-18-10-9-15-7-4-8-16(15)11-18/h1-3,5-6,9-11,17,20H,4,7-8,12-13H2. The molecule has 20 heavy (non-hydrogen) atoms. The Bertz CT molecular complexity index is 565. The minimum absolute atomic E-state index is 0.341. The van der Waals surface area contributed by atoms with Gasteiger partial charge in [-0.2, -0.15) is 12.6 Å². The first-order valence-corrected chi connectivity index (χ1v) is 7.90. The van der Waals surface area contributed by atoms with E-state index in [1.165, 1.54) is 36.0 Å². The van der Waals surface area contributed by atoms with Crippen LogP contribution in [0.25, 0.3) is 0 Å². The molecule has 0 aromatic heterocycles. The zero-order valence-electron chi connectivity index (χ0n) is 11.6. The molecule has 0 aliphatic heterocycles. The van der Waals surface area contributed by atoms with Gasteiger partial charge in [0.25, 0.3) is 0 Å². The van der Waals surface area contributed by atoms with E-state index in [4.69, 9.17) is 4.74 Å². The van der Waals surface area contributed by atoms with E-state index in [2.05, 4.69) is 55.1 Å². The van der Waals surface area contributed by atoms with Crippen LogP contribution in [0.4, 0.5) is 0 Å². The molecule has 0 N–H and O–H groups in total. The van der Waals surface area contributed by atoms with Gasteiger partial charge in [-0.15, -0.1) is 0 Å². The molecule has 0 saturated carbocycles. The molecule has 0 saturated heterocycles. The summed E-state index contributed by atoms with van der Waals surface area (Å²) >= 11 is 4.46. The molecule has 0 radical (unpaired) electrons. The van der Waals surface area contributed by atoms with Crippen LogP contribution in [-0.2, 0) is 12.8 Å². The minimum Gasteiger partial charge on any atom is -0.493 e. The van der Waals surface area contributed by atoms with Gasteiger partial charge in [0, 0.05) is 11.7 Å². The average molecular weight is 284 g/mol. The molecule has 2 heteroatoms. The van der Waals surface area contributed by atoms with Crippen LogP contribution in [0.5, 0.6) is 5.75 Å². The van der Waals surface area contributed by atoms with Crippen LogP contribution in [0.15, 0.2) is 48.5 Å². The Hall–Kier alpha value is -1.41. The SMILES string of the molecule is SCC(COc1ccc2c(c1)CCC2)c1ccccc1. The van der Waals surface area contributed by atoms with E-state index in [9.17, 15) is 0 Å². The lowest BCUT2D eigenvalue weighted by Gasteiger charge is -2.16. The molecule has 0 heterocycles. The van der Waals surface area contributed by atoms with Crippen molar-refractivity contribution in [3.63, 3.8) is 0 Å². The van der Waals surface area contributed by atoms with E-state index in [1.807, 2.05) is 6.07 Å². The van der Waals surface area contributed by atoms with Crippen LogP contribution in [0.3, 0.4) is 0 Å². The first-order valence-electron chi connectivity index (χ1n) is 7.27. The Labute approximate surface area is 126 Å². The quantitative estimate of drug-likeness (QED) is 0.807. The zero-order chi connectivity index (χ0) is 13.8. The normalized spacial score (nSPS) is 14.8. The molecule has 0 fully saturated rings. The van der Waals surface area contributed by atoms with Crippen molar-refractivity contribution in [2.45, 2.75) is 25.2 Å². The van der Waals surface area contributed by atoms with Gasteiger partial charge in [-0.25, -0.2) is 0 Å². The van der Waals surface area contributed by atoms with Crippen molar-refractivity contribution in [2.75, 3.05) is 12.4 Å². The second-order valence-corrected chi connectivity index (χ2v) is 5.75. The molecule has 104 valence electrons. The Morgan fingerprint density at radius 1 is 1.00 bits per heavy atom. The van der Waals surface area contributed by atoms with Crippen molar-refractivity contribution >= 4 is 12.6 Å². The summed E-state index contributed by atoms with van der Waals surface area (Å²) in [6.45, 7) is 0.687. The van der Waals surface area contributed by atoms with Crippen LogP contribution in [0, 0.1) is 0 Å². The van der Waals surface area contributed by atoms with E-state index in [0.717, 1.165) is 11.5 Å². The van der Waals surface area contributed by atoms with Crippen molar-refractivity contribution in [3.05, 3.63) is 65.2 Å². The molecule has 2 aromatic carbocycles. The number of hydrogen-bond acceptors (Lipinski definition) is 2. The van der Waals surface area contributed by atoms with E-state index in [0.29, 0.717) is 12.5 Å². The Balaban J connectivity index is 1.66.